The maximum atomic E-state index is 12.9. The highest BCUT2D eigenvalue weighted by Crippen LogP contribution is 2.31. The highest BCUT2D eigenvalue weighted by Gasteiger charge is 2.29. The number of sulfone groups is 1. The Labute approximate surface area is 159 Å². The van der Waals surface area contributed by atoms with Crippen molar-refractivity contribution in [1.29, 1.82) is 0 Å². The van der Waals surface area contributed by atoms with Gasteiger partial charge in [-0.15, -0.1) is 0 Å². The van der Waals surface area contributed by atoms with E-state index in [1.807, 2.05) is 12.1 Å². The fourth-order valence-electron chi connectivity index (χ4n) is 2.79. The van der Waals surface area contributed by atoms with Gasteiger partial charge in [-0.1, -0.05) is 19.1 Å². The summed E-state index contributed by atoms with van der Waals surface area (Å²) in [5.74, 6) is 1.22. The Morgan fingerprint density at radius 3 is 2.15 bits per heavy atom. The zero-order valence-electron chi connectivity index (χ0n) is 15.0. The number of para-hydroxylation sites is 2. The van der Waals surface area contributed by atoms with Crippen LogP contribution in [-0.2, 0) is 19.9 Å². The number of nitrogens with zero attached hydrogens (tertiary/aromatic N) is 1. The van der Waals surface area contributed by atoms with Crippen LogP contribution in [0.1, 0.15) is 6.92 Å². The molecule has 9 heteroatoms. The average molecular weight is 412 g/mol. The molecule has 0 bridgehead atoms. The number of hydrogen-bond acceptors (Lipinski definition) is 6. The lowest BCUT2D eigenvalue weighted by molar-refractivity contribution is 0.0771. The van der Waals surface area contributed by atoms with Gasteiger partial charge >= 0.3 is 0 Å². The molecular formula is C18H21NO6S2. The molecule has 1 heterocycles. The van der Waals surface area contributed by atoms with Gasteiger partial charge in [0.2, 0.25) is 10.0 Å². The largest absolute Gasteiger partial charge is 0.486 e. The molecule has 2 aromatic rings. The predicted molar refractivity (Wildman–Crippen MR) is 100 cm³/mol. The number of fused-ring (bicyclic) bond motifs is 1. The molecule has 1 aliphatic rings. The van der Waals surface area contributed by atoms with Gasteiger partial charge in [-0.05, 0) is 36.4 Å². The lowest BCUT2D eigenvalue weighted by Gasteiger charge is -2.30. The monoisotopic (exact) mass is 411 g/mol. The SMILES string of the molecule is CCN(CC1COc2ccccc2O1)S(=O)(=O)c1ccc(S(C)(=O)=O)cc1. The topological polar surface area (TPSA) is 90.0 Å². The van der Waals surface area contributed by atoms with Gasteiger partial charge in [0.1, 0.15) is 12.7 Å². The summed E-state index contributed by atoms with van der Waals surface area (Å²) >= 11 is 0. The molecule has 0 radical (unpaired) electrons. The average Bonchev–Trinajstić information content (AvgIpc) is 2.65. The van der Waals surface area contributed by atoms with E-state index in [-0.39, 0.29) is 29.5 Å². The molecule has 0 saturated carbocycles. The maximum absolute atomic E-state index is 12.9. The third-order valence-corrected chi connectivity index (χ3v) is 7.30. The second-order valence-electron chi connectivity index (χ2n) is 6.20. The summed E-state index contributed by atoms with van der Waals surface area (Å²) in [6, 6.07) is 12.4. The molecule has 0 spiro atoms. The molecule has 0 saturated heterocycles. The molecule has 3 rings (SSSR count). The Hall–Kier alpha value is -2.10. The standard InChI is InChI=1S/C18H21NO6S2/c1-3-19(12-14-13-24-17-6-4-5-7-18(17)25-14)27(22,23)16-10-8-15(9-11-16)26(2,20)21/h4-11,14H,3,12-13H2,1-2H3. The van der Waals surface area contributed by atoms with E-state index in [0.29, 0.717) is 11.5 Å². The van der Waals surface area contributed by atoms with Gasteiger partial charge in [-0.2, -0.15) is 4.31 Å². The first-order chi connectivity index (χ1) is 12.7. The molecular weight excluding hydrogens is 390 g/mol. The van der Waals surface area contributed by atoms with Gasteiger partial charge < -0.3 is 9.47 Å². The Balaban J connectivity index is 1.78. The van der Waals surface area contributed by atoms with Crippen LogP contribution < -0.4 is 9.47 Å². The lowest BCUT2D eigenvalue weighted by atomic mass is 10.2. The van der Waals surface area contributed by atoms with E-state index in [9.17, 15) is 16.8 Å². The number of ether oxygens (including phenoxy) is 2. The molecule has 0 fully saturated rings. The van der Waals surface area contributed by atoms with E-state index < -0.39 is 26.0 Å². The van der Waals surface area contributed by atoms with E-state index in [1.165, 1.54) is 28.6 Å². The Kier molecular flexibility index (Phi) is 5.45. The van der Waals surface area contributed by atoms with Gasteiger partial charge in [-0.25, -0.2) is 16.8 Å². The van der Waals surface area contributed by atoms with Crippen molar-refractivity contribution in [3.8, 4) is 11.5 Å². The second kappa shape index (κ2) is 7.49. The van der Waals surface area contributed by atoms with Gasteiger partial charge in [0.15, 0.2) is 21.3 Å². The van der Waals surface area contributed by atoms with E-state index in [1.54, 1.807) is 19.1 Å². The van der Waals surface area contributed by atoms with Crippen molar-refractivity contribution < 1.29 is 26.3 Å². The minimum absolute atomic E-state index is 0.0360. The third-order valence-electron chi connectivity index (χ3n) is 4.22. The summed E-state index contributed by atoms with van der Waals surface area (Å²) in [5.41, 5.74) is 0. The first-order valence-corrected chi connectivity index (χ1v) is 11.7. The smallest absolute Gasteiger partial charge is 0.243 e. The van der Waals surface area contributed by atoms with Crippen LogP contribution in [0.4, 0.5) is 0 Å². The van der Waals surface area contributed by atoms with Gasteiger partial charge in [-0.3, -0.25) is 0 Å². The van der Waals surface area contributed by atoms with Crippen molar-refractivity contribution in [3.63, 3.8) is 0 Å². The summed E-state index contributed by atoms with van der Waals surface area (Å²) in [5, 5.41) is 0. The molecule has 0 aliphatic carbocycles. The minimum Gasteiger partial charge on any atom is -0.486 e. The zero-order chi connectivity index (χ0) is 19.7. The van der Waals surface area contributed by atoms with Gasteiger partial charge in [0, 0.05) is 12.8 Å². The predicted octanol–water partition coefficient (Wildman–Crippen LogP) is 1.94. The molecule has 1 unspecified atom stereocenters. The molecule has 146 valence electrons. The molecule has 0 aromatic heterocycles. The molecule has 1 aliphatic heterocycles. The normalized spacial score (nSPS) is 17.1. The van der Waals surface area contributed by atoms with Crippen molar-refractivity contribution in [2.45, 2.75) is 22.8 Å². The lowest BCUT2D eigenvalue weighted by Crippen LogP contribution is -2.43. The van der Waals surface area contributed by atoms with Crippen LogP contribution in [0.5, 0.6) is 11.5 Å². The molecule has 27 heavy (non-hydrogen) atoms. The number of rotatable bonds is 6. The van der Waals surface area contributed by atoms with Crippen molar-refractivity contribution in [3.05, 3.63) is 48.5 Å². The Morgan fingerprint density at radius 2 is 1.56 bits per heavy atom. The summed E-state index contributed by atoms with van der Waals surface area (Å²) in [6.45, 7) is 2.36. The van der Waals surface area contributed by atoms with E-state index in [2.05, 4.69) is 0 Å². The fraction of sp³-hybridized carbons (Fsp3) is 0.333. The van der Waals surface area contributed by atoms with Gasteiger partial charge in [0.05, 0.1) is 16.3 Å². The minimum atomic E-state index is -3.79. The second-order valence-corrected chi connectivity index (χ2v) is 10.2. The molecule has 1 atom stereocenters. The summed E-state index contributed by atoms with van der Waals surface area (Å²) in [6.07, 6.45) is 0.637. The first-order valence-electron chi connectivity index (χ1n) is 8.40. The van der Waals surface area contributed by atoms with Crippen LogP contribution >= 0.6 is 0 Å². The van der Waals surface area contributed by atoms with Crippen molar-refractivity contribution in [2.24, 2.45) is 0 Å². The van der Waals surface area contributed by atoms with E-state index in [4.69, 9.17) is 9.47 Å². The Bertz CT molecular complexity index is 1020. The highest BCUT2D eigenvalue weighted by molar-refractivity contribution is 7.90. The van der Waals surface area contributed by atoms with Crippen LogP contribution in [0.25, 0.3) is 0 Å². The van der Waals surface area contributed by atoms with Crippen molar-refractivity contribution >= 4 is 19.9 Å². The molecule has 0 amide bonds. The third kappa shape index (κ3) is 4.26. The van der Waals surface area contributed by atoms with Crippen LogP contribution in [0.15, 0.2) is 58.3 Å². The highest BCUT2D eigenvalue weighted by atomic mass is 32.2. The zero-order valence-corrected chi connectivity index (χ0v) is 16.7. The van der Waals surface area contributed by atoms with Gasteiger partial charge in [0.25, 0.3) is 0 Å². The van der Waals surface area contributed by atoms with Crippen LogP contribution in [-0.4, -0.2) is 53.2 Å². The summed E-state index contributed by atoms with van der Waals surface area (Å²) in [7, 11) is -7.17. The quantitative estimate of drug-likeness (QED) is 0.722. The van der Waals surface area contributed by atoms with Crippen LogP contribution in [0, 0.1) is 0 Å². The first kappa shape index (κ1) is 19.7. The maximum Gasteiger partial charge on any atom is 0.243 e. The van der Waals surface area contributed by atoms with Crippen molar-refractivity contribution in [2.75, 3.05) is 26.0 Å². The van der Waals surface area contributed by atoms with Crippen molar-refractivity contribution in [1.82, 2.24) is 4.31 Å². The summed E-state index contributed by atoms with van der Waals surface area (Å²) in [4.78, 5) is 0.110. The van der Waals surface area contributed by atoms with Crippen LogP contribution in [0.2, 0.25) is 0 Å². The number of sulfonamides is 1. The molecule has 2 aromatic carbocycles. The number of benzene rings is 2. The van der Waals surface area contributed by atoms with E-state index in [0.717, 1.165) is 6.26 Å². The summed E-state index contributed by atoms with van der Waals surface area (Å²) < 4.78 is 61.7. The molecule has 0 N–H and O–H groups in total. The molecule has 7 nitrogen and oxygen atoms in total. The van der Waals surface area contributed by atoms with Crippen LogP contribution in [0.3, 0.4) is 0 Å². The Morgan fingerprint density at radius 1 is 0.963 bits per heavy atom. The number of likely N-dealkylation sites (N-methyl/N-ethyl adjacent to an activating group) is 1. The van der Waals surface area contributed by atoms with E-state index >= 15 is 0 Å². The fourth-order valence-corrected chi connectivity index (χ4v) is 4.90. The number of hydrogen-bond donors (Lipinski definition) is 0.